The lowest BCUT2D eigenvalue weighted by molar-refractivity contribution is 0.136. The van der Waals surface area contributed by atoms with Gasteiger partial charge >= 0.3 is 6.03 Å². The average Bonchev–Trinajstić information content (AvgIpc) is 2.76. The monoisotopic (exact) mass is 456 g/mol. The smallest absolute Gasteiger partial charge is 0.322 e. The Kier molecular flexibility index (Phi) is 7.53. The predicted molar refractivity (Wildman–Crippen MR) is 129 cm³/mol. The van der Waals surface area contributed by atoms with Gasteiger partial charge in [0.15, 0.2) is 0 Å². The fraction of sp³-hybridized carbons (Fsp3) is 0.375. The summed E-state index contributed by atoms with van der Waals surface area (Å²) in [6.07, 6.45) is 0. The Labute approximate surface area is 193 Å². The van der Waals surface area contributed by atoms with Crippen molar-refractivity contribution in [3.05, 3.63) is 68.7 Å². The van der Waals surface area contributed by atoms with Gasteiger partial charge in [0, 0.05) is 30.9 Å². The number of benzene rings is 2. The van der Waals surface area contributed by atoms with Gasteiger partial charge in [0.2, 0.25) is 0 Å². The molecule has 0 aliphatic carbocycles. The van der Waals surface area contributed by atoms with Crippen LogP contribution in [0.3, 0.4) is 0 Å². The SMILES string of the molecule is CCn1c(C(C)N(CCOC)C(=O)Nc2c(C)cccc2C)nc2cc(Cl)ccc2c1=O. The molecule has 1 heterocycles. The lowest BCUT2D eigenvalue weighted by Crippen LogP contribution is -2.42. The number of aromatic nitrogens is 2. The largest absolute Gasteiger partial charge is 0.383 e. The molecule has 3 aromatic rings. The van der Waals surface area contributed by atoms with E-state index in [1.807, 2.05) is 45.9 Å². The van der Waals surface area contributed by atoms with Crippen LogP contribution >= 0.6 is 11.6 Å². The molecule has 8 heteroatoms. The molecule has 0 saturated heterocycles. The highest BCUT2D eigenvalue weighted by atomic mass is 35.5. The number of nitrogens with one attached hydrogen (secondary N) is 1. The molecule has 170 valence electrons. The maximum absolute atomic E-state index is 13.4. The number of halogens is 1. The Balaban J connectivity index is 2.05. The molecule has 2 amide bonds. The van der Waals surface area contributed by atoms with Gasteiger partial charge in [-0.05, 0) is 57.0 Å². The van der Waals surface area contributed by atoms with E-state index >= 15 is 0 Å². The minimum absolute atomic E-state index is 0.155. The Morgan fingerprint density at radius 1 is 1.25 bits per heavy atom. The zero-order chi connectivity index (χ0) is 23.4. The second-order valence-corrected chi connectivity index (χ2v) is 8.18. The number of amides is 2. The van der Waals surface area contributed by atoms with Crippen LogP contribution in [0.1, 0.15) is 36.8 Å². The van der Waals surface area contributed by atoms with Gasteiger partial charge in [0.05, 0.1) is 23.6 Å². The number of nitrogens with zero attached hydrogens (tertiary/aromatic N) is 3. The van der Waals surface area contributed by atoms with Crippen LogP contribution < -0.4 is 10.9 Å². The van der Waals surface area contributed by atoms with Gasteiger partial charge in [-0.15, -0.1) is 0 Å². The van der Waals surface area contributed by atoms with E-state index in [-0.39, 0.29) is 11.6 Å². The second kappa shape index (κ2) is 10.1. The van der Waals surface area contributed by atoms with Crippen LogP contribution in [-0.4, -0.2) is 40.7 Å². The zero-order valence-electron chi connectivity index (χ0n) is 19.1. The number of ether oxygens (including phenoxy) is 1. The van der Waals surface area contributed by atoms with Crippen LogP contribution in [0.15, 0.2) is 41.2 Å². The van der Waals surface area contributed by atoms with Crippen molar-refractivity contribution in [2.24, 2.45) is 0 Å². The molecule has 3 rings (SSSR count). The molecule has 32 heavy (non-hydrogen) atoms. The molecular weight excluding hydrogens is 428 g/mol. The summed E-state index contributed by atoms with van der Waals surface area (Å²) in [7, 11) is 1.59. The number of rotatable bonds is 7. The number of hydrogen-bond donors (Lipinski definition) is 1. The highest BCUT2D eigenvalue weighted by Crippen LogP contribution is 2.25. The summed E-state index contributed by atoms with van der Waals surface area (Å²) in [6.45, 7) is 8.77. The van der Waals surface area contributed by atoms with Gasteiger partial charge < -0.3 is 15.0 Å². The molecular formula is C24H29ClN4O3. The minimum atomic E-state index is -0.481. The van der Waals surface area contributed by atoms with Crippen molar-refractivity contribution in [3.8, 4) is 0 Å². The van der Waals surface area contributed by atoms with Crippen LogP contribution in [0, 0.1) is 13.8 Å². The molecule has 0 spiro atoms. The van der Waals surface area contributed by atoms with E-state index in [1.165, 1.54) is 0 Å². The fourth-order valence-corrected chi connectivity index (χ4v) is 3.99. The Hall–Kier alpha value is -2.90. The standard InChI is InChI=1S/C24H29ClN4O3/c1-6-28-22(26-20-14-18(25)10-11-19(20)23(28)30)17(4)29(12-13-32-5)24(31)27-21-15(2)8-7-9-16(21)3/h7-11,14,17H,6,12-13H2,1-5H3,(H,27,31). The fourth-order valence-electron chi connectivity index (χ4n) is 3.83. The highest BCUT2D eigenvalue weighted by Gasteiger charge is 2.26. The van der Waals surface area contributed by atoms with Crippen LogP contribution in [0.25, 0.3) is 10.9 Å². The van der Waals surface area contributed by atoms with E-state index in [2.05, 4.69) is 5.32 Å². The third-order valence-electron chi connectivity index (χ3n) is 5.61. The summed E-state index contributed by atoms with van der Waals surface area (Å²) in [4.78, 5) is 32.9. The molecule has 7 nitrogen and oxygen atoms in total. The normalized spacial score (nSPS) is 12.1. The molecule has 1 N–H and O–H groups in total. The topological polar surface area (TPSA) is 76.5 Å². The number of hydrogen-bond acceptors (Lipinski definition) is 4. The van der Waals surface area contributed by atoms with Gasteiger partial charge in [0.1, 0.15) is 5.82 Å². The van der Waals surface area contributed by atoms with Crippen molar-refractivity contribution in [2.45, 2.75) is 40.3 Å². The van der Waals surface area contributed by atoms with Crippen molar-refractivity contribution >= 4 is 34.2 Å². The number of anilines is 1. The molecule has 0 aliphatic heterocycles. The minimum Gasteiger partial charge on any atom is -0.383 e. The summed E-state index contributed by atoms with van der Waals surface area (Å²) in [6, 6.07) is 10.1. The number of carbonyl (C=O) groups is 1. The number of fused-ring (bicyclic) bond motifs is 1. The van der Waals surface area contributed by atoms with E-state index < -0.39 is 6.04 Å². The Morgan fingerprint density at radius 2 is 1.94 bits per heavy atom. The Bertz CT molecular complexity index is 1170. The summed E-state index contributed by atoms with van der Waals surface area (Å²) in [5.74, 6) is 0.500. The van der Waals surface area contributed by atoms with Gasteiger partial charge in [0.25, 0.3) is 5.56 Å². The maximum atomic E-state index is 13.4. The molecule has 0 bridgehead atoms. The van der Waals surface area contributed by atoms with Gasteiger partial charge in [-0.25, -0.2) is 9.78 Å². The quantitative estimate of drug-likeness (QED) is 0.547. The molecule has 1 unspecified atom stereocenters. The van der Waals surface area contributed by atoms with Crippen LogP contribution in [0.2, 0.25) is 5.02 Å². The predicted octanol–water partition coefficient (Wildman–Crippen LogP) is 4.93. The molecule has 0 radical (unpaired) electrons. The first-order valence-corrected chi connectivity index (χ1v) is 11.0. The Morgan fingerprint density at radius 3 is 2.56 bits per heavy atom. The average molecular weight is 457 g/mol. The van der Waals surface area contributed by atoms with E-state index in [0.717, 1.165) is 16.8 Å². The third-order valence-corrected chi connectivity index (χ3v) is 5.85. The second-order valence-electron chi connectivity index (χ2n) is 7.74. The zero-order valence-corrected chi connectivity index (χ0v) is 19.9. The van der Waals surface area contributed by atoms with Gasteiger partial charge in [-0.2, -0.15) is 0 Å². The van der Waals surface area contributed by atoms with Crippen molar-refractivity contribution < 1.29 is 9.53 Å². The van der Waals surface area contributed by atoms with E-state index in [1.54, 1.807) is 34.8 Å². The molecule has 0 fully saturated rings. The summed E-state index contributed by atoms with van der Waals surface area (Å²) >= 11 is 6.14. The number of carbonyl (C=O) groups excluding carboxylic acids is 1. The maximum Gasteiger partial charge on any atom is 0.322 e. The number of urea groups is 1. The molecule has 1 atom stereocenters. The summed E-state index contributed by atoms with van der Waals surface area (Å²) in [5.41, 5.74) is 3.08. The first-order chi connectivity index (χ1) is 15.3. The van der Waals surface area contributed by atoms with Gasteiger partial charge in [-0.1, -0.05) is 29.8 Å². The van der Waals surface area contributed by atoms with Crippen molar-refractivity contribution in [1.29, 1.82) is 0 Å². The lowest BCUT2D eigenvalue weighted by Gasteiger charge is -2.30. The van der Waals surface area contributed by atoms with Crippen LogP contribution in [0.5, 0.6) is 0 Å². The van der Waals surface area contributed by atoms with Crippen molar-refractivity contribution in [2.75, 3.05) is 25.6 Å². The van der Waals surface area contributed by atoms with Crippen LogP contribution in [-0.2, 0) is 11.3 Å². The third kappa shape index (κ3) is 4.79. The molecule has 1 aromatic heterocycles. The number of para-hydroxylation sites is 1. The lowest BCUT2D eigenvalue weighted by atomic mass is 10.1. The van der Waals surface area contributed by atoms with E-state index in [4.69, 9.17) is 21.3 Å². The van der Waals surface area contributed by atoms with E-state index in [0.29, 0.717) is 41.4 Å². The molecule has 2 aromatic carbocycles. The first-order valence-electron chi connectivity index (χ1n) is 10.6. The van der Waals surface area contributed by atoms with E-state index in [9.17, 15) is 9.59 Å². The molecule has 0 saturated carbocycles. The number of methoxy groups -OCH3 is 1. The summed E-state index contributed by atoms with van der Waals surface area (Å²) in [5, 5.41) is 4.03. The van der Waals surface area contributed by atoms with Gasteiger partial charge in [-0.3, -0.25) is 9.36 Å². The van der Waals surface area contributed by atoms with Crippen LogP contribution in [0.4, 0.5) is 10.5 Å². The number of aryl methyl sites for hydroxylation is 2. The highest BCUT2D eigenvalue weighted by molar-refractivity contribution is 6.31. The molecule has 0 aliphatic rings. The van der Waals surface area contributed by atoms with Crippen molar-refractivity contribution in [3.63, 3.8) is 0 Å². The van der Waals surface area contributed by atoms with Crippen molar-refractivity contribution in [1.82, 2.24) is 14.5 Å². The first kappa shape index (κ1) is 23.8. The summed E-state index contributed by atoms with van der Waals surface area (Å²) < 4.78 is 6.85.